The lowest BCUT2D eigenvalue weighted by Crippen LogP contribution is -2.17. The standard InChI is InChI=1S/C11H14N2S2/c12-6-10-8-15-11(13-10)14-7-9-4-2-1-3-5-9/h1-5,10H,6-8,12H2/t10-/m1/s1. The van der Waals surface area contributed by atoms with Crippen LogP contribution < -0.4 is 5.73 Å². The second-order valence-corrected chi connectivity index (χ2v) is 5.60. The number of aliphatic imine (C=N–C) groups is 1. The van der Waals surface area contributed by atoms with Gasteiger partial charge in [-0.05, 0) is 5.56 Å². The first-order chi connectivity index (χ1) is 7.38. The Morgan fingerprint density at radius 1 is 1.40 bits per heavy atom. The van der Waals surface area contributed by atoms with E-state index in [0.717, 1.165) is 11.5 Å². The van der Waals surface area contributed by atoms with E-state index < -0.39 is 0 Å². The maximum Gasteiger partial charge on any atom is 0.125 e. The van der Waals surface area contributed by atoms with Gasteiger partial charge in [-0.3, -0.25) is 4.99 Å². The van der Waals surface area contributed by atoms with Gasteiger partial charge in [0.1, 0.15) is 4.38 Å². The van der Waals surface area contributed by atoms with Crippen LogP contribution in [-0.2, 0) is 5.75 Å². The van der Waals surface area contributed by atoms with Crippen LogP contribution in [0.1, 0.15) is 5.56 Å². The molecular weight excluding hydrogens is 224 g/mol. The average molecular weight is 238 g/mol. The molecular formula is C11H14N2S2. The lowest BCUT2D eigenvalue weighted by Gasteiger charge is -1.99. The molecule has 1 aliphatic heterocycles. The highest BCUT2D eigenvalue weighted by Crippen LogP contribution is 2.27. The minimum absolute atomic E-state index is 0.341. The molecule has 0 bridgehead atoms. The molecule has 4 heteroatoms. The van der Waals surface area contributed by atoms with Gasteiger partial charge < -0.3 is 5.73 Å². The summed E-state index contributed by atoms with van der Waals surface area (Å²) in [5.41, 5.74) is 6.92. The molecule has 0 aromatic heterocycles. The first kappa shape index (κ1) is 11.0. The van der Waals surface area contributed by atoms with Crippen molar-refractivity contribution < 1.29 is 0 Å². The summed E-state index contributed by atoms with van der Waals surface area (Å²) in [7, 11) is 0. The Kier molecular flexibility index (Phi) is 4.11. The predicted octanol–water partition coefficient (Wildman–Crippen LogP) is 2.35. The van der Waals surface area contributed by atoms with Crippen molar-refractivity contribution in [2.45, 2.75) is 11.8 Å². The Bertz CT molecular complexity index is 338. The van der Waals surface area contributed by atoms with E-state index in [1.807, 2.05) is 29.6 Å². The molecule has 15 heavy (non-hydrogen) atoms. The van der Waals surface area contributed by atoms with Gasteiger partial charge in [0.05, 0.1) is 6.04 Å². The highest BCUT2D eigenvalue weighted by molar-refractivity contribution is 8.38. The van der Waals surface area contributed by atoms with Crippen molar-refractivity contribution in [3.63, 3.8) is 0 Å². The summed E-state index contributed by atoms with van der Waals surface area (Å²) >= 11 is 3.64. The summed E-state index contributed by atoms with van der Waals surface area (Å²) in [4.78, 5) is 4.54. The van der Waals surface area contributed by atoms with Gasteiger partial charge in [-0.1, -0.05) is 53.9 Å². The highest BCUT2D eigenvalue weighted by atomic mass is 32.2. The van der Waals surface area contributed by atoms with E-state index in [0.29, 0.717) is 12.6 Å². The minimum atomic E-state index is 0.341. The smallest absolute Gasteiger partial charge is 0.125 e. The van der Waals surface area contributed by atoms with Gasteiger partial charge in [-0.2, -0.15) is 0 Å². The van der Waals surface area contributed by atoms with Crippen LogP contribution in [0.3, 0.4) is 0 Å². The molecule has 1 aromatic carbocycles. The van der Waals surface area contributed by atoms with Crippen molar-refractivity contribution in [1.82, 2.24) is 0 Å². The van der Waals surface area contributed by atoms with Gasteiger partial charge in [-0.15, -0.1) is 0 Å². The van der Waals surface area contributed by atoms with Gasteiger partial charge in [-0.25, -0.2) is 0 Å². The first-order valence-corrected chi connectivity index (χ1v) is 6.93. The Labute approximate surface area is 98.7 Å². The van der Waals surface area contributed by atoms with Crippen LogP contribution in [0.15, 0.2) is 35.3 Å². The number of nitrogens with zero attached hydrogens (tertiary/aromatic N) is 1. The molecule has 0 radical (unpaired) electrons. The van der Waals surface area contributed by atoms with Crippen molar-refractivity contribution in [2.75, 3.05) is 12.3 Å². The molecule has 0 saturated carbocycles. The van der Waals surface area contributed by atoms with Crippen molar-refractivity contribution in [3.05, 3.63) is 35.9 Å². The molecule has 1 aromatic rings. The van der Waals surface area contributed by atoms with E-state index in [4.69, 9.17) is 5.73 Å². The Hall–Kier alpha value is -0.450. The number of rotatable bonds is 3. The molecule has 0 aliphatic carbocycles. The number of benzene rings is 1. The SMILES string of the molecule is NC[C@@H]1CSC(SCc2ccccc2)=N1. The molecule has 1 aliphatic rings. The second-order valence-electron chi connectivity index (χ2n) is 3.37. The van der Waals surface area contributed by atoms with Gasteiger partial charge in [0.25, 0.3) is 0 Å². The fourth-order valence-corrected chi connectivity index (χ4v) is 3.50. The number of nitrogens with two attached hydrogens (primary N) is 1. The van der Waals surface area contributed by atoms with Crippen LogP contribution >= 0.6 is 23.5 Å². The summed E-state index contributed by atoms with van der Waals surface area (Å²) in [6, 6.07) is 10.8. The van der Waals surface area contributed by atoms with Crippen LogP contribution in [0.5, 0.6) is 0 Å². The molecule has 2 rings (SSSR count). The number of hydrogen-bond donors (Lipinski definition) is 1. The fraction of sp³-hybridized carbons (Fsp3) is 0.364. The average Bonchev–Trinajstić information content (AvgIpc) is 2.76. The molecule has 0 spiro atoms. The molecule has 0 unspecified atom stereocenters. The third-order valence-corrected chi connectivity index (χ3v) is 4.61. The molecule has 0 amide bonds. The summed E-state index contributed by atoms with van der Waals surface area (Å²) in [6.07, 6.45) is 0. The maximum absolute atomic E-state index is 5.57. The van der Waals surface area contributed by atoms with Crippen molar-refractivity contribution in [1.29, 1.82) is 0 Å². The second kappa shape index (κ2) is 5.58. The molecule has 1 atom stereocenters. The zero-order chi connectivity index (χ0) is 10.5. The zero-order valence-electron chi connectivity index (χ0n) is 8.43. The third-order valence-electron chi connectivity index (χ3n) is 2.16. The molecule has 1 heterocycles. The molecule has 0 fully saturated rings. The van der Waals surface area contributed by atoms with E-state index in [1.54, 1.807) is 0 Å². The largest absolute Gasteiger partial charge is 0.328 e. The van der Waals surface area contributed by atoms with Gasteiger partial charge in [0, 0.05) is 18.1 Å². The summed E-state index contributed by atoms with van der Waals surface area (Å²) in [5, 5.41) is 0. The summed E-state index contributed by atoms with van der Waals surface area (Å²) < 4.78 is 1.19. The van der Waals surface area contributed by atoms with E-state index in [9.17, 15) is 0 Å². The van der Waals surface area contributed by atoms with Crippen LogP contribution in [0.4, 0.5) is 0 Å². The van der Waals surface area contributed by atoms with Crippen LogP contribution in [0.2, 0.25) is 0 Å². The summed E-state index contributed by atoms with van der Waals surface area (Å²) in [5.74, 6) is 2.05. The lowest BCUT2D eigenvalue weighted by atomic mass is 10.2. The molecule has 80 valence electrons. The molecule has 0 saturated heterocycles. The highest BCUT2D eigenvalue weighted by Gasteiger charge is 2.16. The Morgan fingerprint density at radius 3 is 2.87 bits per heavy atom. The fourth-order valence-electron chi connectivity index (χ4n) is 1.31. The van der Waals surface area contributed by atoms with Crippen molar-refractivity contribution in [2.24, 2.45) is 10.7 Å². The van der Waals surface area contributed by atoms with Crippen molar-refractivity contribution >= 4 is 27.9 Å². The van der Waals surface area contributed by atoms with Gasteiger partial charge in [0.15, 0.2) is 0 Å². The monoisotopic (exact) mass is 238 g/mol. The predicted molar refractivity (Wildman–Crippen MR) is 70.5 cm³/mol. The minimum Gasteiger partial charge on any atom is -0.328 e. The number of thioether (sulfide) groups is 2. The topological polar surface area (TPSA) is 38.4 Å². The quantitative estimate of drug-likeness (QED) is 0.878. The van der Waals surface area contributed by atoms with E-state index in [-0.39, 0.29) is 0 Å². The summed E-state index contributed by atoms with van der Waals surface area (Å²) in [6.45, 7) is 0.669. The van der Waals surface area contributed by atoms with Gasteiger partial charge >= 0.3 is 0 Å². The first-order valence-electron chi connectivity index (χ1n) is 4.96. The lowest BCUT2D eigenvalue weighted by molar-refractivity contribution is 0.778. The third kappa shape index (κ3) is 3.26. The normalized spacial score (nSPS) is 20.3. The molecule has 2 nitrogen and oxygen atoms in total. The van der Waals surface area contributed by atoms with Crippen LogP contribution in [0, 0.1) is 0 Å². The molecule has 2 N–H and O–H groups in total. The van der Waals surface area contributed by atoms with E-state index in [2.05, 4.69) is 29.3 Å². The zero-order valence-corrected chi connectivity index (χ0v) is 10.1. The van der Waals surface area contributed by atoms with Crippen molar-refractivity contribution in [3.8, 4) is 0 Å². The Morgan fingerprint density at radius 2 is 2.20 bits per heavy atom. The maximum atomic E-state index is 5.57. The van der Waals surface area contributed by atoms with Crippen LogP contribution in [0.25, 0.3) is 0 Å². The van der Waals surface area contributed by atoms with E-state index in [1.165, 1.54) is 9.94 Å². The number of hydrogen-bond acceptors (Lipinski definition) is 4. The van der Waals surface area contributed by atoms with Gasteiger partial charge in [0.2, 0.25) is 0 Å². The Balaban J connectivity index is 1.84. The van der Waals surface area contributed by atoms with Crippen LogP contribution in [-0.4, -0.2) is 22.7 Å². The van der Waals surface area contributed by atoms with E-state index >= 15 is 0 Å².